The second-order valence-electron chi connectivity index (χ2n) is 4.73. The maximum absolute atomic E-state index is 12.1. The molecule has 0 fully saturated rings. The molecule has 1 amide bonds. The van der Waals surface area contributed by atoms with Crippen molar-refractivity contribution in [1.82, 2.24) is 10.3 Å². The fraction of sp³-hybridized carbons (Fsp3) is 0.333. The molecule has 5 heteroatoms. The molecule has 106 valence electrons. The van der Waals surface area contributed by atoms with Crippen molar-refractivity contribution in [1.29, 1.82) is 0 Å². The molecule has 1 aromatic carbocycles. The average molecular weight is 273 g/mol. The number of carbonyl (C=O) groups is 1. The fourth-order valence-corrected chi connectivity index (χ4v) is 1.95. The quantitative estimate of drug-likeness (QED) is 0.899. The van der Waals surface area contributed by atoms with Gasteiger partial charge in [0.15, 0.2) is 5.89 Å². The van der Waals surface area contributed by atoms with Gasteiger partial charge in [0.2, 0.25) is 5.76 Å². The van der Waals surface area contributed by atoms with Crippen molar-refractivity contribution in [2.75, 3.05) is 12.4 Å². The van der Waals surface area contributed by atoms with E-state index >= 15 is 0 Å². The highest BCUT2D eigenvalue weighted by molar-refractivity contribution is 6.02. The van der Waals surface area contributed by atoms with Crippen LogP contribution in [0.5, 0.6) is 0 Å². The summed E-state index contributed by atoms with van der Waals surface area (Å²) < 4.78 is 5.29. The van der Waals surface area contributed by atoms with Crippen LogP contribution < -0.4 is 10.6 Å². The molecule has 0 radical (unpaired) electrons. The Kier molecular flexibility index (Phi) is 4.20. The number of aromatic nitrogens is 1. The van der Waals surface area contributed by atoms with E-state index in [0.29, 0.717) is 11.6 Å². The number of nitrogens with one attached hydrogen (secondary N) is 2. The number of nitrogens with zero attached hydrogens (tertiary/aromatic N) is 1. The maximum atomic E-state index is 12.1. The van der Waals surface area contributed by atoms with Crippen molar-refractivity contribution < 1.29 is 9.21 Å². The molecule has 0 aliphatic heterocycles. The minimum absolute atomic E-state index is 0.259. The summed E-state index contributed by atoms with van der Waals surface area (Å²) in [7, 11) is 1.91. The summed E-state index contributed by atoms with van der Waals surface area (Å²) in [4.78, 5) is 16.2. The fourth-order valence-electron chi connectivity index (χ4n) is 1.95. The van der Waals surface area contributed by atoms with Gasteiger partial charge in [0.25, 0.3) is 5.91 Å². The predicted molar refractivity (Wildman–Crippen MR) is 77.8 cm³/mol. The molecule has 0 aliphatic rings. The molecule has 0 spiro atoms. The lowest BCUT2D eigenvalue weighted by molar-refractivity contribution is 0.0994. The molecule has 0 saturated carbocycles. The SMILES string of the molecule is CNC(C)c1ccc(NC(=O)c2oc(C)nc2C)cc1. The Hall–Kier alpha value is -2.14. The predicted octanol–water partition coefficient (Wildman–Crippen LogP) is 2.82. The van der Waals surface area contributed by atoms with Crippen LogP contribution in [0.25, 0.3) is 0 Å². The molecule has 1 aromatic heterocycles. The molecular formula is C15H19N3O2. The van der Waals surface area contributed by atoms with E-state index in [0.717, 1.165) is 11.3 Å². The first-order chi connectivity index (χ1) is 9.51. The summed E-state index contributed by atoms with van der Waals surface area (Å²) in [6, 6.07) is 7.99. The molecule has 0 saturated heterocycles. The van der Waals surface area contributed by atoms with Gasteiger partial charge >= 0.3 is 0 Å². The van der Waals surface area contributed by atoms with Crippen LogP contribution in [0.4, 0.5) is 5.69 Å². The summed E-state index contributed by atoms with van der Waals surface area (Å²) in [6.45, 7) is 5.55. The molecule has 5 nitrogen and oxygen atoms in total. The largest absolute Gasteiger partial charge is 0.436 e. The standard InChI is InChI=1S/C15H19N3O2/c1-9(16-4)12-5-7-13(8-6-12)18-15(19)14-10(2)17-11(3)20-14/h5-9,16H,1-4H3,(H,18,19). The lowest BCUT2D eigenvalue weighted by atomic mass is 10.1. The topological polar surface area (TPSA) is 67.2 Å². The molecular weight excluding hydrogens is 254 g/mol. The van der Waals surface area contributed by atoms with Gasteiger partial charge < -0.3 is 15.1 Å². The number of hydrogen-bond donors (Lipinski definition) is 2. The lowest BCUT2D eigenvalue weighted by Gasteiger charge is -2.11. The van der Waals surface area contributed by atoms with Gasteiger partial charge in [-0.1, -0.05) is 12.1 Å². The molecule has 1 heterocycles. The molecule has 0 aliphatic carbocycles. The van der Waals surface area contributed by atoms with Gasteiger partial charge in [0, 0.05) is 18.7 Å². The van der Waals surface area contributed by atoms with Gasteiger partial charge in [-0.2, -0.15) is 0 Å². The Bertz CT molecular complexity index is 602. The third-order valence-corrected chi connectivity index (χ3v) is 3.21. The number of hydrogen-bond acceptors (Lipinski definition) is 4. The number of carbonyl (C=O) groups excluding carboxylic acids is 1. The van der Waals surface area contributed by atoms with Crippen molar-refractivity contribution in [2.45, 2.75) is 26.8 Å². The number of anilines is 1. The Morgan fingerprint density at radius 1 is 1.25 bits per heavy atom. The Balaban J connectivity index is 2.10. The first-order valence-corrected chi connectivity index (χ1v) is 6.54. The van der Waals surface area contributed by atoms with Gasteiger partial charge in [0.1, 0.15) is 0 Å². The van der Waals surface area contributed by atoms with Crippen molar-refractivity contribution in [3.63, 3.8) is 0 Å². The number of benzene rings is 1. The highest BCUT2D eigenvalue weighted by atomic mass is 16.4. The van der Waals surface area contributed by atoms with Gasteiger partial charge in [-0.15, -0.1) is 0 Å². The zero-order valence-corrected chi connectivity index (χ0v) is 12.2. The molecule has 2 N–H and O–H groups in total. The average Bonchev–Trinajstić information content (AvgIpc) is 2.78. The number of amides is 1. The van der Waals surface area contributed by atoms with E-state index < -0.39 is 0 Å². The molecule has 1 unspecified atom stereocenters. The summed E-state index contributed by atoms with van der Waals surface area (Å²) in [6.07, 6.45) is 0. The Labute approximate surface area is 118 Å². The van der Waals surface area contributed by atoms with E-state index in [1.54, 1.807) is 13.8 Å². The monoisotopic (exact) mass is 273 g/mol. The lowest BCUT2D eigenvalue weighted by Crippen LogP contribution is -2.14. The molecule has 0 bridgehead atoms. The first-order valence-electron chi connectivity index (χ1n) is 6.54. The van der Waals surface area contributed by atoms with E-state index in [2.05, 4.69) is 22.5 Å². The van der Waals surface area contributed by atoms with Gasteiger partial charge in [-0.3, -0.25) is 4.79 Å². The summed E-state index contributed by atoms with van der Waals surface area (Å²) in [5.74, 6) is 0.471. The number of aryl methyl sites for hydroxylation is 2. The van der Waals surface area contributed by atoms with E-state index in [-0.39, 0.29) is 17.7 Å². The van der Waals surface area contributed by atoms with Gasteiger partial charge in [-0.25, -0.2) is 4.98 Å². The maximum Gasteiger partial charge on any atom is 0.293 e. The van der Waals surface area contributed by atoms with E-state index in [1.807, 2.05) is 31.3 Å². The summed E-state index contributed by atoms with van der Waals surface area (Å²) >= 11 is 0. The summed E-state index contributed by atoms with van der Waals surface area (Å²) in [5.41, 5.74) is 2.49. The smallest absolute Gasteiger partial charge is 0.293 e. The van der Waals surface area contributed by atoms with Crippen molar-refractivity contribution in [3.05, 3.63) is 47.2 Å². The zero-order valence-electron chi connectivity index (χ0n) is 12.2. The number of oxazole rings is 1. The molecule has 1 atom stereocenters. The van der Waals surface area contributed by atoms with Crippen molar-refractivity contribution in [2.24, 2.45) is 0 Å². The van der Waals surface area contributed by atoms with Crippen LogP contribution in [0, 0.1) is 13.8 Å². The molecule has 20 heavy (non-hydrogen) atoms. The van der Waals surface area contributed by atoms with Crippen LogP contribution >= 0.6 is 0 Å². The Morgan fingerprint density at radius 3 is 2.40 bits per heavy atom. The first kappa shape index (κ1) is 14.3. The summed E-state index contributed by atoms with van der Waals surface area (Å²) in [5, 5.41) is 5.97. The zero-order chi connectivity index (χ0) is 14.7. The second-order valence-corrected chi connectivity index (χ2v) is 4.73. The van der Waals surface area contributed by atoms with Crippen LogP contribution in [0.15, 0.2) is 28.7 Å². The highest BCUT2D eigenvalue weighted by Crippen LogP contribution is 2.17. The highest BCUT2D eigenvalue weighted by Gasteiger charge is 2.16. The molecule has 2 aromatic rings. The number of rotatable bonds is 4. The van der Waals surface area contributed by atoms with Crippen molar-refractivity contribution in [3.8, 4) is 0 Å². The van der Waals surface area contributed by atoms with Crippen LogP contribution in [-0.2, 0) is 0 Å². The normalized spacial score (nSPS) is 12.2. The van der Waals surface area contributed by atoms with Crippen LogP contribution in [0.2, 0.25) is 0 Å². The Morgan fingerprint density at radius 2 is 1.90 bits per heavy atom. The van der Waals surface area contributed by atoms with E-state index in [9.17, 15) is 4.79 Å². The molecule has 2 rings (SSSR count). The minimum Gasteiger partial charge on any atom is -0.436 e. The van der Waals surface area contributed by atoms with E-state index in [1.165, 1.54) is 0 Å². The van der Waals surface area contributed by atoms with E-state index in [4.69, 9.17) is 4.42 Å². The van der Waals surface area contributed by atoms with Crippen LogP contribution in [0.3, 0.4) is 0 Å². The van der Waals surface area contributed by atoms with Crippen molar-refractivity contribution >= 4 is 11.6 Å². The van der Waals surface area contributed by atoms with Crippen LogP contribution in [0.1, 0.15) is 40.7 Å². The third-order valence-electron chi connectivity index (χ3n) is 3.21. The van der Waals surface area contributed by atoms with Gasteiger partial charge in [-0.05, 0) is 38.6 Å². The van der Waals surface area contributed by atoms with Crippen LogP contribution in [-0.4, -0.2) is 17.9 Å². The van der Waals surface area contributed by atoms with Gasteiger partial charge in [0.05, 0.1) is 5.69 Å². The second kappa shape index (κ2) is 5.88. The third kappa shape index (κ3) is 3.05. The minimum atomic E-state index is -0.280.